The number of rotatable bonds is 8. The highest BCUT2D eigenvalue weighted by Gasteiger charge is 2.44. The van der Waals surface area contributed by atoms with E-state index in [-0.39, 0.29) is 63.2 Å². The Bertz CT molecular complexity index is 1350. The summed E-state index contributed by atoms with van der Waals surface area (Å²) >= 11 is 0. The summed E-state index contributed by atoms with van der Waals surface area (Å²) in [6.07, 6.45) is -8.02. The molecule has 2 aromatic rings. The number of amides is 2. The van der Waals surface area contributed by atoms with Crippen molar-refractivity contribution in [2.24, 2.45) is 0 Å². The summed E-state index contributed by atoms with van der Waals surface area (Å²) < 4.78 is 84.7. The number of carbonyl (C=O) groups excluding carboxylic acids is 2. The van der Waals surface area contributed by atoms with E-state index in [1.165, 1.54) is 16.7 Å². The van der Waals surface area contributed by atoms with Gasteiger partial charge in [0.2, 0.25) is 5.91 Å². The van der Waals surface area contributed by atoms with Crippen molar-refractivity contribution < 1.29 is 40.7 Å². The first-order valence-corrected chi connectivity index (χ1v) is 12.6. The van der Waals surface area contributed by atoms with Crippen molar-refractivity contribution in [3.8, 4) is 0 Å². The van der Waals surface area contributed by atoms with Crippen molar-refractivity contribution >= 4 is 29.0 Å². The summed E-state index contributed by atoms with van der Waals surface area (Å²) in [5, 5.41) is 7.66. The molecule has 0 radical (unpaired) electrons. The Morgan fingerprint density at radius 1 is 1.17 bits per heavy atom. The zero-order valence-corrected chi connectivity index (χ0v) is 22.0. The van der Waals surface area contributed by atoms with Crippen molar-refractivity contribution in [2.75, 3.05) is 54.5 Å². The van der Waals surface area contributed by atoms with Gasteiger partial charge in [0.05, 0.1) is 49.3 Å². The molecule has 2 N–H and O–H groups in total. The maximum Gasteiger partial charge on any atom is 0.423 e. The lowest BCUT2D eigenvalue weighted by Gasteiger charge is -2.47. The number of halogens is 6. The number of ether oxygens (including phenoxy) is 1. The van der Waals surface area contributed by atoms with Crippen LogP contribution in [0, 0.1) is 0 Å². The number of carbonyl (C=O) groups is 2. The van der Waals surface area contributed by atoms with Crippen LogP contribution in [0.1, 0.15) is 31.4 Å². The number of nitrogens with zero attached hydrogens (tertiary/aromatic N) is 5. The van der Waals surface area contributed by atoms with Crippen molar-refractivity contribution in [1.29, 1.82) is 0 Å². The highest BCUT2D eigenvalue weighted by atomic mass is 19.4. The van der Waals surface area contributed by atoms with E-state index in [4.69, 9.17) is 4.74 Å². The third-order valence-corrected chi connectivity index (χ3v) is 6.71. The Kier molecular flexibility index (Phi) is 8.46. The van der Waals surface area contributed by atoms with Gasteiger partial charge in [-0.1, -0.05) is 0 Å². The fraction of sp³-hybridized carbons (Fsp3) is 0.542. The Labute approximate surface area is 229 Å². The van der Waals surface area contributed by atoms with Crippen molar-refractivity contribution in [3.05, 3.63) is 39.9 Å². The van der Waals surface area contributed by atoms with Crippen LogP contribution in [0.3, 0.4) is 0 Å². The SMILES string of the molecule is CCN1C(=O)[C@@H]2CN(C(=O)CCOC[C@H](C)Nc3cn[nH]c(=O)c3C(F)(F)F)CCN2c2ncc(C(F)(F)F)cc21. The van der Waals surface area contributed by atoms with Gasteiger partial charge in [-0.15, -0.1) is 0 Å². The average molecular weight is 592 g/mol. The molecular formula is C24H27F6N7O4. The van der Waals surface area contributed by atoms with Crippen molar-refractivity contribution in [3.63, 3.8) is 0 Å². The van der Waals surface area contributed by atoms with Crippen LogP contribution in [-0.4, -0.2) is 83.4 Å². The van der Waals surface area contributed by atoms with Crippen LogP contribution in [0.5, 0.6) is 0 Å². The molecule has 4 heterocycles. The van der Waals surface area contributed by atoms with Crippen LogP contribution in [0.15, 0.2) is 23.3 Å². The van der Waals surface area contributed by atoms with E-state index < -0.39 is 52.7 Å². The Morgan fingerprint density at radius 3 is 2.56 bits per heavy atom. The highest BCUT2D eigenvalue weighted by Crippen LogP contribution is 2.40. The molecular weight excluding hydrogens is 564 g/mol. The molecule has 2 atom stereocenters. The predicted molar refractivity (Wildman–Crippen MR) is 133 cm³/mol. The van der Waals surface area contributed by atoms with Gasteiger partial charge in [-0.25, -0.2) is 10.1 Å². The van der Waals surface area contributed by atoms with Gasteiger partial charge in [0.1, 0.15) is 11.6 Å². The first-order valence-electron chi connectivity index (χ1n) is 12.6. The second-order valence-electron chi connectivity index (χ2n) is 9.55. The Balaban J connectivity index is 1.32. The van der Waals surface area contributed by atoms with Gasteiger partial charge in [-0.3, -0.25) is 14.4 Å². The van der Waals surface area contributed by atoms with Crippen LogP contribution >= 0.6 is 0 Å². The van der Waals surface area contributed by atoms with E-state index in [0.29, 0.717) is 0 Å². The molecule has 11 nitrogen and oxygen atoms in total. The summed E-state index contributed by atoms with van der Waals surface area (Å²) in [6.45, 7) is 3.51. The number of hydrogen-bond donors (Lipinski definition) is 2. The van der Waals surface area contributed by atoms with E-state index in [1.54, 1.807) is 16.9 Å². The maximum atomic E-state index is 13.2. The zero-order valence-electron chi connectivity index (χ0n) is 22.0. The minimum absolute atomic E-state index is 0.00401. The topological polar surface area (TPSA) is 124 Å². The number of hydrogen-bond acceptors (Lipinski definition) is 8. The number of anilines is 3. The molecule has 4 rings (SSSR count). The molecule has 0 spiro atoms. The van der Waals surface area contributed by atoms with Gasteiger partial charge in [0, 0.05) is 31.9 Å². The van der Waals surface area contributed by atoms with Gasteiger partial charge in [0.25, 0.3) is 11.5 Å². The molecule has 0 unspecified atom stereocenters. The van der Waals surface area contributed by atoms with Crippen molar-refractivity contribution in [1.82, 2.24) is 20.1 Å². The summed E-state index contributed by atoms with van der Waals surface area (Å²) in [7, 11) is 0. The van der Waals surface area contributed by atoms with Crippen LogP contribution in [-0.2, 0) is 26.7 Å². The van der Waals surface area contributed by atoms with Gasteiger partial charge in [0.15, 0.2) is 5.82 Å². The van der Waals surface area contributed by atoms with E-state index in [1.807, 2.05) is 0 Å². The lowest BCUT2D eigenvalue weighted by Crippen LogP contribution is -2.63. The monoisotopic (exact) mass is 591 g/mol. The molecule has 2 aliphatic heterocycles. The average Bonchev–Trinajstić information content (AvgIpc) is 2.89. The highest BCUT2D eigenvalue weighted by molar-refractivity contribution is 6.05. The van der Waals surface area contributed by atoms with E-state index in [2.05, 4.69) is 15.4 Å². The number of H-pyrrole nitrogens is 1. The normalized spacial score (nSPS) is 18.2. The minimum Gasteiger partial charge on any atom is -0.379 e. The van der Waals surface area contributed by atoms with Crippen LogP contribution in [0.25, 0.3) is 0 Å². The first kappa shape index (κ1) is 30.1. The zero-order chi connectivity index (χ0) is 30.1. The molecule has 2 aliphatic rings. The number of fused-ring (bicyclic) bond motifs is 3. The van der Waals surface area contributed by atoms with Crippen LogP contribution < -0.4 is 20.7 Å². The Hall–Kier alpha value is -3.89. The molecule has 224 valence electrons. The third kappa shape index (κ3) is 6.39. The van der Waals surface area contributed by atoms with Gasteiger partial charge in [-0.05, 0) is 19.9 Å². The number of aromatic amines is 1. The van der Waals surface area contributed by atoms with Gasteiger partial charge in [-0.2, -0.15) is 31.4 Å². The lowest BCUT2D eigenvalue weighted by atomic mass is 10.0. The first-order chi connectivity index (χ1) is 19.2. The fourth-order valence-electron chi connectivity index (χ4n) is 4.79. The van der Waals surface area contributed by atoms with Gasteiger partial charge < -0.3 is 24.8 Å². The van der Waals surface area contributed by atoms with Crippen LogP contribution in [0.2, 0.25) is 0 Å². The van der Waals surface area contributed by atoms with E-state index >= 15 is 0 Å². The number of pyridine rings is 1. The molecule has 17 heteroatoms. The smallest absolute Gasteiger partial charge is 0.379 e. The lowest BCUT2D eigenvalue weighted by molar-refractivity contribution is -0.138. The summed E-state index contributed by atoms with van der Waals surface area (Å²) in [6, 6.07) is -0.579. The summed E-state index contributed by atoms with van der Waals surface area (Å²) in [4.78, 5) is 45.9. The number of likely N-dealkylation sites (N-methyl/N-ethyl adjacent to an activating group) is 1. The number of nitrogens with one attached hydrogen (secondary N) is 2. The fourth-order valence-corrected chi connectivity index (χ4v) is 4.79. The van der Waals surface area contributed by atoms with Crippen molar-refractivity contribution in [2.45, 2.75) is 44.7 Å². The maximum absolute atomic E-state index is 13.2. The molecule has 0 saturated carbocycles. The standard InChI is InChI=1S/C24H27F6N7O4/c1-3-36-16-8-14(23(25,26)27)9-31-20(16)37-6-5-35(11-17(37)22(36)40)18(38)4-7-41-12-13(2)33-15-10-32-34-21(39)19(15)24(28,29)30/h8-10,13,17H,3-7,11-12H2,1-2H3,(H2,33,34,39)/t13-,17-/m0/s1. The van der Waals surface area contributed by atoms with E-state index in [0.717, 1.165) is 18.5 Å². The second kappa shape index (κ2) is 11.5. The number of alkyl halides is 6. The molecule has 0 bridgehead atoms. The number of aromatic nitrogens is 3. The Morgan fingerprint density at radius 2 is 1.90 bits per heavy atom. The van der Waals surface area contributed by atoms with Gasteiger partial charge >= 0.3 is 12.4 Å². The third-order valence-electron chi connectivity index (χ3n) is 6.71. The molecule has 1 saturated heterocycles. The molecule has 41 heavy (non-hydrogen) atoms. The minimum atomic E-state index is -4.89. The molecule has 0 aliphatic carbocycles. The second-order valence-corrected chi connectivity index (χ2v) is 9.55. The summed E-state index contributed by atoms with van der Waals surface area (Å²) in [5.41, 5.74) is -4.20. The molecule has 1 fully saturated rings. The van der Waals surface area contributed by atoms with Crippen LogP contribution in [0.4, 0.5) is 43.5 Å². The molecule has 2 aromatic heterocycles. The number of piperazine rings is 1. The molecule has 2 amide bonds. The summed E-state index contributed by atoms with van der Waals surface area (Å²) in [5.74, 6) is -0.529. The molecule has 0 aromatic carbocycles. The quantitative estimate of drug-likeness (QED) is 0.355. The van der Waals surface area contributed by atoms with E-state index in [9.17, 15) is 40.7 Å². The predicted octanol–water partition coefficient (Wildman–Crippen LogP) is 2.49. The largest absolute Gasteiger partial charge is 0.423 e.